The molecule has 4 N–H and O–H groups in total. The van der Waals surface area contributed by atoms with E-state index < -0.39 is 5.91 Å². The first-order valence-corrected chi connectivity index (χ1v) is 6.16. The number of aromatic amines is 1. The monoisotopic (exact) mass is 284 g/mol. The van der Waals surface area contributed by atoms with Gasteiger partial charge in [-0.2, -0.15) is 4.98 Å². The zero-order chi connectivity index (χ0) is 14.7. The molecule has 0 saturated heterocycles. The van der Waals surface area contributed by atoms with Crippen LogP contribution in [0, 0.1) is 0 Å². The second-order valence-corrected chi connectivity index (χ2v) is 4.26. The van der Waals surface area contributed by atoms with Crippen molar-refractivity contribution in [2.45, 2.75) is 6.61 Å². The molecule has 1 amide bonds. The SMILES string of the molecule is Nc1ncc2[nH]c(C(=O)NOCc3ccccc3)nc2n1. The van der Waals surface area contributed by atoms with Crippen LogP contribution in [-0.4, -0.2) is 25.8 Å². The van der Waals surface area contributed by atoms with Crippen LogP contribution in [0.15, 0.2) is 36.5 Å². The summed E-state index contributed by atoms with van der Waals surface area (Å²) in [5.41, 5.74) is 9.56. The fourth-order valence-electron chi connectivity index (χ4n) is 1.74. The molecule has 0 radical (unpaired) electrons. The number of nitrogen functional groups attached to an aromatic ring is 1. The predicted molar refractivity (Wildman–Crippen MR) is 74.8 cm³/mol. The summed E-state index contributed by atoms with van der Waals surface area (Å²) >= 11 is 0. The number of imidazole rings is 1. The quantitative estimate of drug-likeness (QED) is 0.610. The normalized spacial score (nSPS) is 10.7. The Bertz CT molecular complexity index is 771. The highest BCUT2D eigenvalue weighted by molar-refractivity contribution is 5.92. The molecule has 106 valence electrons. The van der Waals surface area contributed by atoms with Gasteiger partial charge >= 0.3 is 5.91 Å². The summed E-state index contributed by atoms with van der Waals surface area (Å²) < 4.78 is 0. The number of aromatic nitrogens is 4. The number of H-pyrrole nitrogens is 1. The lowest BCUT2D eigenvalue weighted by Crippen LogP contribution is -2.24. The summed E-state index contributed by atoms with van der Waals surface area (Å²) in [6, 6.07) is 9.48. The van der Waals surface area contributed by atoms with Gasteiger partial charge in [0.05, 0.1) is 12.8 Å². The van der Waals surface area contributed by atoms with Crippen LogP contribution < -0.4 is 11.2 Å². The molecule has 0 bridgehead atoms. The van der Waals surface area contributed by atoms with E-state index in [0.717, 1.165) is 5.56 Å². The number of carbonyl (C=O) groups is 1. The summed E-state index contributed by atoms with van der Waals surface area (Å²) in [6.45, 7) is 0.263. The molecule has 0 atom stereocenters. The van der Waals surface area contributed by atoms with Crippen LogP contribution in [0.5, 0.6) is 0 Å². The molecule has 0 fully saturated rings. The van der Waals surface area contributed by atoms with Crippen molar-refractivity contribution in [1.29, 1.82) is 0 Å². The highest BCUT2D eigenvalue weighted by Gasteiger charge is 2.12. The minimum atomic E-state index is -0.498. The number of fused-ring (bicyclic) bond motifs is 1. The fourth-order valence-corrected chi connectivity index (χ4v) is 1.74. The van der Waals surface area contributed by atoms with Gasteiger partial charge in [-0.3, -0.25) is 9.63 Å². The molecule has 2 heterocycles. The van der Waals surface area contributed by atoms with Crippen molar-refractivity contribution in [3.63, 3.8) is 0 Å². The van der Waals surface area contributed by atoms with Gasteiger partial charge in [0, 0.05) is 0 Å². The van der Waals surface area contributed by atoms with Crippen LogP contribution in [0.3, 0.4) is 0 Å². The number of nitrogens with one attached hydrogen (secondary N) is 2. The van der Waals surface area contributed by atoms with Crippen molar-refractivity contribution in [2.24, 2.45) is 0 Å². The number of anilines is 1. The number of nitrogens with two attached hydrogens (primary N) is 1. The lowest BCUT2D eigenvalue weighted by atomic mass is 10.2. The average Bonchev–Trinajstić information content (AvgIpc) is 2.91. The van der Waals surface area contributed by atoms with Gasteiger partial charge in [0.25, 0.3) is 0 Å². The molecule has 8 nitrogen and oxygen atoms in total. The third-order valence-electron chi connectivity index (χ3n) is 2.72. The first kappa shape index (κ1) is 13.0. The molecule has 0 spiro atoms. The van der Waals surface area contributed by atoms with Crippen LogP contribution in [-0.2, 0) is 11.4 Å². The molecule has 3 aromatic rings. The number of hydrogen-bond acceptors (Lipinski definition) is 6. The van der Waals surface area contributed by atoms with E-state index in [1.807, 2.05) is 30.3 Å². The lowest BCUT2D eigenvalue weighted by molar-refractivity contribution is 0.0226. The Morgan fingerprint density at radius 1 is 1.29 bits per heavy atom. The van der Waals surface area contributed by atoms with Crippen LogP contribution in [0.2, 0.25) is 0 Å². The van der Waals surface area contributed by atoms with Crippen molar-refractivity contribution in [3.05, 3.63) is 47.9 Å². The Morgan fingerprint density at radius 3 is 2.90 bits per heavy atom. The first-order chi connectivity index (χ1) is 10.2. The zero-order valence-electron chi connectivity index (χ0n) is 10.9. The first-order valence-electron chi connectivity index (χ1n) is 6.16. The predicted octanol–water partition coefficient (Wildman–Crippen LogP) is 0.797. The zero-order valence-corrected chi connectivity index (χ0v) is 10.9. The Labute approximate surface area is 119 Å². The standard InChI is InChI=1S/C13H12N6O2/c14-13-15-6-9-10(18-13)17-11(16-9)12(20)19-21-7-8-4-2-1-3-5-8/h1-6H,7H2,(H,19,20)(H3,14,15,16,17,18). The molecular weight excluding hydrogens is 272 g/mol. The van der Waals surface area contributed by atoms with E-state index in [0.29, 0.717) is 11.2 Å². The largest absolute Gasteiger partial charge is 0.368 e. The van der Waals surface area contributed by atoms with E-state index in [2.05, 4.69) is 25.4 Å². The summed E-state index contributed by atoms with van der Waals surface area (Å²) in [7, 11) is 0. The minimum Gasteiger partial charge on any atom is -0.368 e. The number of rotatable bonds is 4. The van der Waals surface area contributed by atoms with Gasteiger partial charge in [-0.05, 0) is 5.56 Å². The second-order valence-electron chi connectivity index (χ2n) is 4.26. The third kappa shape index (κ3) is 2.95. The maximum Gasteiger partial charge on any atom is 0.310 e. The average molecular weight is 284 g/mol. The van der Waals surface area contributed by atoms with Crippen molar-refractivity contribution < 1.29 is 9.63 Å². The van der Waals surface area contributed by atoms with E-state index in [4.69, 9.17) is 10.6 Å². The molecule has 3 rings (SSSR count). The highest BCUT2D eigenvalue weighted by atomic mass is 16.6. The van der Waals surface area contributed by atoms with Gasteiger partial charge in [0.2, 0.25) is 11.8 Å². The molecule has 0 aliphatic rings. The van der Waals surface area contributed by atoms with Crippen LogP contribution in [0.4, 0.5) is 5.95 Å². The van der Waals surface area contributed by atoms with Crippen molar-refractivity contribution in [1.82, 2.24) is 25.4 Å². The van der Waals surface area contributed by atoms with Gasteiger partial charge in [-0.25, -0.2) is 15.4 Å². The lowest BCUT2D eigenvalue weighted by Gasteiger charge is -2.03. The summed E-state index contributed by atoms with van der Waals surface area (Å²) in [4.78, 5) is 31.5. The Hall–Kier alpha value is -3.00. The van der Waals surface area contributed by atoms with Crippen molar-refractivity contribution >= 4 is 23.0 Å². The maximum atomic E-state index is 11.9. The van der Waals surface area contributed by atoms with E-state index in [9.17, 15) is 4.79 Å². The molecular formula is C13H12N6O2. The molecule has 0 saturated carbocycles. The van der Waals surface area contributed by atoms with Crippen molar-refractivity contribution in [2.75, 3.05) is 5.73 Å². The van der Waals surface area contributed by atoms with E-state index in [1.165, 1.54) is 6.20 Å². The molecule has 2 aromatic heterocycles. The minimum absolute atomic E-state index is 0.0814. The molecule has 21 heavy (non-hydrogen) atoms. The smallest absolute Gasteiger partial charge is 0.310 e. The summed E-state index contributed by atoms with van der Waals surface area (Å²) in [5, 5.41) is 0. The maximum absolute atomic E-state index is 11.9. The van der Waals surface area contributed by atoms with Crippen LogP contribution in [0.25, 0.3) is 11.2 Å². The molecule has 0 aliphatic heterocycles. The number of nitrogens with zero attached hydrogens (tertiary/aromatic N) is 3. The van der Waals surface area contributed by atoms with Gasteiger partial charge in [-0.15, -0.1) is 0 Å². The molecule has 8 heteroatoms. The fraction of sp³-hybridized carbons (Fsp3) is 0.0769. The van der Waals surface area contributed by atoms with E-state index in [-0.39, 0.29) is 18.4 Å². The Morgan fingerprint density at radius 2 is 2.10 bits per heavy atom. The Kier molecular flexibility index (Phi) is 3.44. The molecule has 0 aliphatic carbocycles. The number of carbonyl (C=O) groups excluding carboxylic acids is 1. The van der Waals surface area contributed by atoms with Crippen LogP contribution in [0.1, 0.15) is 16.2 Å². The molecule has 0 unspecified atom stereocenters. The highest BCUT2D eigenvalue weighted by Crippen LogP contribution is 2.08. The van der Waals surface area contributed by atoms with Crippen LogP contribution >= 0.6 is 0 Å². The number of hydroxylamine groups is 1. The van der Waals surface area contributed by atoms with Gasteiger partial charge in [0.15, 0.2) is 5.65 Å². The van der Waals surface area contributed by atoms with Gasteiger partial charge in [0.1, 0.15) is 5.52 Å². The number of amides is 1. The van der Waals surface area contributed by atoms with E-state index in [1.54, 1.807) is 0 Å². The summed E-state index contributed by atoms with van der Waals surface area (Å²) in [6.07, 6.45) is 1.46. The van der Waals surface area contributed by atoms with E-state index >= 15 is 0 Å². The number of benzene rings is 1. The second kappa shape index (κ2) is 5.55. The Balaban J connectivity index is 1.64. The topological polar surface area (TPSA) is 119 Å². The number of hydrogen-bond donors (Lipinski definition) is 3. The van der Waals surface area contributed by atoms with Crippen molar-refractivity contribution in [3.8, 4) is 0 Å². The van der Waals surface area contributed by atoms with Gasteiger partial charge < -0.3 is 10.7 Å². The molecule has 1 aromatic carbocycles. The third-order valence-corrected chi connectivity index (χ3v) is 2.72. The van der Waals surface area contributed by atoms with Gasteiger partial charge in [-0.1, -0.05) is 30.3 Å². The summed E-state index contributed by atoms with van der Waals surface area (Å²) in [5.74, 6) is -0.318.